The first kappa shape index (κ1) is 13.5. The molecule has 0 aliphatic rings. The molecular weight excluding hydrogens is 272 g/mol. The summed E-state index contributed by atoms with van der Waals surface area (Å²) in [6.45, 7) is 3.15. The molecule has 0 fully saturated rings. The zero-order chi connectivity index (χ0) is 13.1. The smallest absolute Gasteiger partial charge is 0.0897 e. The summed E-state index contributed by atoms with van der Waals surface area (Å²) < 4.78 is 6.83. The van der Waals surface area contributed by atoms with Gasteiger partial charge in [0, 0.05) is 18.2 Å². The number of ether oxygens (including phenoxy) is 1. The normalized spacial score (nSPS) is 12.9. The summed E-state index contributed by atoms with van der Waals surface area (Å²) in [6.07, 6.45) is 3.40. The third-order valence-corrected chi connectivity index (χ3v) is 3.87. The van der Waals surface area contributed by atoms with E-state index in [1.165, 1.54) is 0 Å². The number of rotatable bonds is 5. The molecular formula is C11H15ClN4OS. The standard InChI is InChI=1S/C11H15ClN4OS/c1-7-14-6-9(18-7)10(13)11-8(12)5-15-16(11)3-4-17-2/h5-6,10H,3-4,13H2,1-2H3. The minimum Gasteiger partial charge on any atom is -0.383 e. The average Bonchev–Trinajstić information content (AvgIpc) is 2.92. The lowest BCUT2D eigenvalue weighted by atomic mass is 10.2. The minimum absolute atomic E-state index is 0.303. The Morgan fingerprint density at radius 1 is 1.56 bits per heavy atom. The van der Waals surface area contributed by atoms with Crippen LogP contribution in [0.5, 0.6) is 0 Å². The average molecular weight is 287 g/mol. The zero-order valence-electron chi connectivity index (χ0n) is 10.3. The molecule has 2 rings (SSSR count). The maximum Gasteiger partial charge on any atom is 0.0897 e. The van der Waals surface area contributed by atoms with Gasteiger partial charge in [-0.15, -0.1) is 11.3 Å². The van der Waals surface area contributed by atoms with Crippen molar-refractivity contribution in [1.29, 1.82) is 0 Å². The van der Waals surface area contributed by atoms with E-state index in [2.05, 4.69) is 10.1 Å². The van der Waals surface area contributed by atoms with E-state index >= 15 is 0 Å². The first-order chi connectivity index (χ1) is 8.63. The second kappa shape index (κ2) is 5.79. The number of nitrogens with two attached hydrogens (primary N) is 1. The summed E-state index contributed by atoms with van der Waals surface area (Å²) in [6, 6.07) is -0.303. The van der Waals surface area contributed by atoms with Crippen molar-refractivity contribution in [1.82, 2.24) is 14.8 Å². The number of aryl methyl sites for hydroxylation is 1. The van der Waals surface area contributed by atoms with Gasteiger partial charge in [0.1, 0.15) is 0 Å². The van der Waals surface area contributed by atoms with Crippen molar-refractivity contribution < 1.29 is 4.74 Å². The van der Waals surface area contributed by atoms with Crippen LogP contribution in [-0.4, -0.2) is 28.5 Å². The van der Waals surface area contributed by atoms with Crippen molar-refractivity contribution in [3.05, 3.63) is 33.0 Å². The summed E-state index contributed by atoms with van der Waals surface area (Å²) in [5.74, 6) is 0. The van der Waals surface area contributed by atoms with Gasteiger partial charge in [0.15, 0.2) is 0 Å². The summed E-state index contributed by atoms with van der Waals surface area (Å²) in [4.78, 5) is 5.19. The first-order valence-electron chi connectivity index (χ1n) is 5.51. The molecule has 0 radical (unpaired) electrons. The van der Waals surface area contributed by atoms with Gasteiger partial charge in [0.05, 0.1) is 41.1 Å². The van der Waals surface area contributed by atoms with Crippen LogP contribution < -0.4 is 5.73 Å². The SMILES string of the molecule is COCCn1ncc(Cl)c1C(N)c1cnc(C)s1. The van der Waals surface area contributed by atoms with Crippen molar-refractivity contribution in [2.75, 3.05) is 13.7 Å². The molecule has 7 heteroatoms. The Balaban J connectivity index is 2.28. The highest BCUT2D eigenvalue weighted by Gasteiger charge is 2.20. The van der Waals surface area contributed by atoms with E-state index in [0.717, 1.165) is 15.6 Å². The second-order valence-electron chi connectivity index (χ2n) is 3.85. The third-order valence-electron chi connectivity index (χ3n) is 2.58. The van der Waals surface area contributed by atoms with Crippen LogP contribution in [0.25, 0.3) is 0 Å². The predicted octanol–water partition coefficient (Wildman–Crippen LogP) is 2.00. The van der Waals surface area contributed by atoms with Crippen LogP contribution in [0.3, 0.4) is 0 Å². The molecule has 98 valence electrons. The fraction of sp³-hybridized carbons (Fsp3) is 0.455. The molecule has 0 saturated carbocycles. The molecule has 18 heavy (non-hydrogen) atoms. The van der Waals surface area contributed by atoms with E-state index in [-0.39, 0.29) is 6.04 Å². The van der Waals surface area contributed by atoms with Crippen LogP contribution in [0.4, 0.5) is 0 Å². The maximum atomic E-state index is 6.23. The van der Waals surface area contributed by atoms with E-state index in [9.17, 15) is 0 Å². The van der Waals surface area contributed by atoms with Crippen molar-refractivity contribution in [2.45, 2.75) is 19.5 Å². The van der Waals surface area contributed by atoms with Gasteiger partial charge in [-0.2, -0.15) is 5.10 Å². The van der Waals surface area contributed by atoms with Gasteiger partial charge in [-0.3, -0.25) is 4.68 Å². The van der Waals surface area contributed by atoms with Gasteiger partial charge in [0.2, 0.25) is 0 Å². The van der Waals surface area contributed by atoms with Crippen molar-refractivity contribution in [2.24, 2.45) is 5.73 Å². The lowest BCUT2D eigenvalue weighted by Crippen LogP contribution is -2.18. The van der Waals surface area contributed by atoms with Crippen molar-refractivity contribution in [3.63, 3.8) is 0 Å². The van der Waals surface area contributed by atoms with Crippen molar-refractivity contribution in [3.8, 4) is 0 Å². The van der Waals surface area contributed by atoms with Gasteiger partial charge >= 0.3 is 0 Å². The number of thiazole rings is 1. The van der Waals surface area contributed by atoms with Crippen LogP contribution >= 0.6 is 22.9 Å². The van der Waals surface area contributed by atoms with E-state index in [4.69, 9.17) is 22.1 Å². The molecule has 2 N–H and O–H groups in total. The van der Waals surface area contributed by atoms with E-state index < -0.39 is 0 Å². The molecule has 0 amide bonds. The molecule has 1 atom stereocenters. The number of hydrogen-bond acceptors (Lipinski definition) is 5. The highest BCUT2D eigenvalue weighted by molar-refractivity contribution is 7.11. The fourth-order valence-corrected chi connectivity index (χ4v) is 2.74. The third kappa shape index (κ3) is 2.72. The molecule has 0 spiro atoms. The maximum absolute atomic E-state index is 6.23. The number of halogens is 1. The molecule has 0 aliphatic heterocycles. The molecule has 0 aliphatic carbocycles. The Kier molecular flexibility index (Phi) is 4.34. The summed E-state index contributed by atoms with van der Waals surface area (Å²) in [5, 5.41) is 5.77. The van der Waals surface area contributed by atoms with E-state index in [0.29, 0.717) is 18.2 Å². The Labute approximate surface area is 115 Å². The number of nitrogens with zero attached hydrogens (tertiary/aromatic N) is 3. The van der Waals surface area contributed by atoms with Gasteiger partial charge in [-0.05, 0) is 6.92 Å². The molecule has 2 aromatic heterocycles. The van der Waals surface area contributed by atoms with Gasteiger partial charge in [-0.25, -0.2) is 4.98 Å². The highest BCUT2D eigenvalue weighted by Crippen LogP contribution is 2.29. The van der Waals surface area contributed by atoms with Crippen LogP contribution in [-0.2, 0) is 11.3 Å². The Hall–Kier alpha value is -0.950. The lowest BCUT2D eigenvalue weighted by molar-refractivity contribution is 0.182. The summed E-state index contributed by atoms with van der Waals surface area (Å²) in [5.41, 5.74) is 7.03. The fourth-order valence-electron chi connectivity index (χ4n) is 1.69. The minimum atomic E-state index is -0.303. The summed E-state index contributed by atoms with van der Waals surface area (Å²) >= 11 is 7.72. The van der Waals surface area contributed by atoms with Gasteiger partial charge < -0.3 is 10.5 Å². The molecule has 2 heterocycles. The van der Waals surface area contributed by atoms with Crippen LogP contribution in [0, 0.1) is 6.92 Å². The predicted molar refractivity (Wildman–Crippen MR) is 72.0 cm³/mol. The highest BCUT2D eigenvalue weighted by atomic mass is 35.5. The quantitative estimate of drug-likeness (QED) is 0.913. The Morgan fingerprint density at radius 2 is 2.33 bits per heavy atom. The molecule has 1 unspecified atom stereocenters. The molecule has 0 aromatic carbocycles. The van der Waals surface area contributed by atoms with Gasteiger partial charge in [-0.1, -0.05) is 11.6 Å². The Morgan fingerprint density at radius 3 is 2.94 bits per heavy atom. The lowest BCUT2D eigenvalue weighted by Gasteiger charge is -2.13. The Bertz CT molecular complexity index is 525. The summed E-state index contributed by atoms with van der Waals surface area (Å²) in [7, 11) is 1.65. The molecule has 2 aromatic rings. The van der Waals surface area contributed by atoms with Crippen LogP contribution in [0.15, 0.2) is 12.4 Å². The van der Waals surface area contributed by atoms with Crippen LogP contribution in [0.2, 0.25) is 5.02 Å². The van der Waals surface area contributed by atoms with E-state index in [1.807, 2.05) is 6.92 Å². The largest absolute Gasteiger partial charge is 0.383 e. The molecule has 0 bridgehead atoms. The van der Waals surface area contributed by atoms with Crippen molar-refractivity contribution >= 4 is 22.9 Å². The molecule has 0 saturated heterocycles. The monoisotopic (exact) mass is 286 g/mol. The first-order valence-corrected chi connectivity index (χ1v) is 6.71. The molecule has 5 nitrogen and oxygen atoms in total. The van der Waals surface area contributed by atoms with E-state index in [1.54, 1.807) is 35.5 Å². The topological polar surface area (TPSA) is 66.0 Å². The zero-order valence-corrected chi connectivity index (χ0v) is 11.8. The number of methoxy groups -OCH3 is 1. The number of hydrogen-bond donors (Lipinski definition) is 1. The van der Waals surface area contributed by atoms with Crippen LogP contribution in [0.1, 0.15) is 21.6 Å². The van der Waals surface area contributed by atoms with Gasteiger partial charge in [0.25, 0.3) is 0 Å². The second-order valence-corrected chi connectivity index (χ2v) is 5.53. The number of aromatic nitrogens is 3.